The zero-order chi connectivity index (χ0) is 6.41. The molecule has 0 aliphatic rings. The lowest BCUT2D eigenvalue weighted by Gasteiger charge is -1.92. The van der Waals surface area contributed by atoms with Gasteiger partial charge in [0.15, 0.2) is 0 Å². The van der Waals surface area contributed by atoms with E-state index in [-0.39, 0.29) is 0 Å². The number of rotatable bonds is 2. The van der Waals surface area contributed by atoms with Crippen molar-refractivity contribution in [2.75, 3.05) is 7.11 Å². The second-order valence-corrected chi connectivity index (χ2v) is 1.35. The molecule has 0 unspecified atom stereocenters. The fraction of sp³-hybridized carbons (Fsp3) is 0.286. The zero-order valence-corrected chi connectivity index (χ0v) is 5.27. The Bertz CT molecular complexity index is 127. The summed E-state index contributed by atoms with van der Waals surface area (Å²) in [7, 11) is 1.63. The molecule has 0 radical (unpaired) electrons. The SMILES string of the molecule is C=C=CC=C(C)OC. The highest BCUT2D eigenvalue weighted by atomic mass is 16.5. The van der Waals surface area contributed by atoms with Gasteiger partial charge in [-0.15, -0.1) is 5.73 Å². The van der Waals surface area contributed by atoms with E-state index in [1.165, 1.54) is 0 Å². The topological polar surface area (TPSA) is 9.23 Å². The van der Waals surface area contributed by atoms with Crippen LogP contribution in [0.5, 0.6) is 0 Å². The fourth-order valence-electron chi connectivity index (χ4n) is 0.244. The number of hydrogen-bond acceptors (Lipinski definition) is 1. The van der Waals surface area contributed by atoms with Crippen LogP contribution in [-0.4, -0.2) is 7.11 Å². The van der Waals surface area contributed by atoms with E-state index in [4.69, 9.17) is 4.74 Å². The monoisotopic (exact) mass is 110 g/mol. The van der Waals surface area contributed by atoms with E-state index in [1.807, 2.05) is 6.92 Å². The first-order valence-corrected chi connectivity index (χ1v) is 2.38. The maximum Gasteiger partial charge on any atom is 0.0930 e. The van der Waals surface area contributed by atoms with Crippen LogP contribution in [0.2, 0.25) is 0 Å². The summed E-state index contributed by atoms with van der Waals surface area (Å²) in [5.74, 6) is 0.862. The van der Waals surface area contributed by atoms with Gasteiger partial charge in [-0.2, -0.15) is 0 Å². The number of allylic oxidation sites excluding steroid dienone is 3. The van der Waals surface area contributed by atoms with E-state index in [2.05, 4.69) is 12.3 Å². The van der Waals surface area contributed by atoms with Gasteiger partial charge in [-0.25, -0.2) is 0 Å². The molecule has 1 heteroatoms. The lowest BCUT2D eigenvalue weighted by molar-refractivity contribution is 0.294. The Balaban J connectivity index is 3.74. The lowest BCUT2D eigenvalue weighted by Crippen LogP contribution is -1.74. The van der Waals surface area contributed by atoms with Crippen LogP contribution in [0.15, 0.2) is 30.2 Å². The van der Waals surface area contributed by atoms with Crippen molar-refractivity contribution < 1.29 is 4.74 Å². The van der Waals surface area contributed by atoms with Crippen molar-refractivity contribution in [3.8, 4) is 0 Å². The Morgan fingerprint density at radius 3 is 2.75 bits per heavy atom. The van der Waals surface area contributed by atoms with Crippen LogP contribution < -0.4 is 0 Å². The first-order chi connectivity index (χ1) is 3.81. The number of hydrogen-bond donors (Lipinski definition) is 0. The summed E-state index contributed by atoms with van der Waals surface area (Å²) in [4.78, 5) is 0. The van der Waals surface area contributed by atoms with E-state index < -0.39 is 0 Å². The standard InChI is InChI=1S/C7H10O/c1-4-5-6-7(2)8-3/h5-6H,1H2,2-3H3. The highest BCUT2D eigenvalue weighted by Crippen LogP contribution is 1.90. The number of methoxy groups -OCH3 is 1. The molecule has 8 heavy (non-hydrogen) atoms. The molecule has 0 amide bonds. The summed E-state index contributed by atoms with van der Waals surface area (Å²) in [6, 6.07) is 0. The Morgan fingerprint density at radius 1 is 1.75 bits per heavy atom. The van der Waals surface area contributed by atoms with Crippen LogP contribution >= 0.6 is 0 Å². The van der Waals surface area contributed by atoms with Crippen LogP contribution in [0.3, 0.4) is 0 Å². The minimum atomic E-state index is 0.862. The molecule has 44 valence electrons. The van der Waals surface area contributed by atoms with E-state index in [0.29, 0.717) is 0 Å². The van der Waals surface area contributed by atoms with Gasteiger partial charge in [0.2, 0.25) is 0 Å². The predicted octanol–water partition coefficient (Wildman–Crippen LogP) is 1.88. The van der Waals surface area contributed by atoms with Crippen molar-refractivity contribution >= 4 is 0 Å². The maximum absolute atomic E-state index is 4.81. The number of ether oxygens (including phenoxy) is 1. The van der Waals surface area contributed by atoms with E-state index in [9.17, 15) is 0 Å². The van der Waals surface area contributed by atoms with Gasteiger partial charge in [0, 0.05) is 0 Å². The third-order valence-electron chi connectivity index (χ3n) is 0.758. The molecule has 0 aliphatic carbocycles. The van der Waals surface area contributed by atoms with Gasteiger partial charge in [0.25, 0.3) is 0 Å². The molecule has 0 saturated carbocycles. The molecule has 0 rings (SSSR count). The Hall–Kier alpha value is -0.940. The Labute approximate surface area is 50.0 Å². The van der Waals surface area contributed by atoms with Crippen LogP contribution in [0.4, 0.5) is 0 Å². The first-order valence-electron chi connectivity index (χ1n) is 2.38. The molecule has 0 saturated heterocycles. The molecule has 0 aromatic rings. The summed E-state index contributed by atoms with van der Waals surface area (Å²) in [6.45, 7) is 5.26. The van der Waals surface area contributed by atoms with Gasteiger partial charge in [0.1, 0.15) is 0 Å². The van der Waals surface area contributed by atoms with Crippen molar-refractivity contribution in [3.63, 3.8) is 0 Å². The summed E-state index contributed by atoms with van der Waals surface area (Å²) in [5, 5.41) is 0. The molecular formula is C7H10O. The molecule has 0 bridgehead atoms. The largest absolute Gasteiger partial charge is 0.501 e. The minimum absolute atomic E-state index is 0.862. The van der Waals surface area contributed by atoms with E-state index >= 15 is 0 Å². The highest BCUT2D eigenvalue weighted by molar-refractivity contribution is 5.03. The third-order valence-corrected chi connectivity index (χ3v) is 0.758. The molecule has 0 spiro atoms. The summed E-state index contributed by atoms with van der Waals surface area (Å²) in [5.41, 5.74) is 2.60. The van der Waals surface area contributed by atoms with Gasteiger partial charge in [-0.05, 0) is 19.1 Å². The van der Waals surface area contributed by atoms with Crippen molar-refractivity contribution in [1.82, 2.24) is 0 Å². The zero-order valence-electron chi connectivity index (χ0n) is 5.27. The van der Waals surface area contributed by atoms with Gasteiger partial charge < -0.3 is 4.74 Å². The minimum Gasteiger partial charge on any atom is -0.501 e. The second-order valence-electron chi connectivity index (χ2n) is 1.35. The lowest BCUT2D eigenvalue weighted by atomic mass is 10.5. The summed E-state index contributed by atoms with van der Waals surface area (Å²) >= 11 is 0. The van der Waals surface area contributed by atoms with Crippen molar-refractivity contribution in [2.24, 2.45) is 0 Å². The van der Waals surface area contributed by atoms with Crippen molar-refractivity contribution in [2.45, 2.75) is 6.92 Å². The predicted molar refractivity (Wildman–Crippen MR) is 34.5 cm³/mol. The summed E-state index contributed by atoms with van der Waals surface area (Å²) < 4.78 is 4.81. The molecule has 0 N–H and O–H groups in total. The van der Waals surface area contributed by atoms with Crippen molar-refractivity contribution in [3.05, 3.63) is 30.2 Å². The Kier molecular flexibility index (Phi) is 3.73. The average molecular weight is 110 g/mol. The van der Waals surface area contributed by atoms with Gasteiger partial charge in [0.05, 0.1) is 12.9 Å². The molecule has 0 atom stereocenters. The molecule has 0 aliphatic heterocycles. The average Bonchev–Trinajstić information content (AvgIpc) is 1.83. The van der Waals surface area contributed by atoms with Gasteiger partial charge in [-0.3, -0.25) is 0 Å². The molecule has 1 nitrogen and oxygen atoms in total. The molecule has 0 aromatic heterocycles. The van der Waals surface area contributed by atoms with E-state index in [0.717, 1.165) is 5.76 Å². The molecule has 0 heterocycles. The van der Waals surface area contributed by atoms with Gasteiger partial charge >= 0.3 is 0 Å². The smallest absolute Gasteiger partial charge is 0.0930 e. The van der Waals surface area contributed by atoms with Crippen LogP contribution in [0, 0.1) is 0 Å². The third kappa shape index (κ3) is 3.26. The quantitative estimate of drug-likeness (QED) is 0.299. The second kappa shape index (κ2) is 4.23. The van der Waals surface area contributed by atoms with Crippen LogP contribution in [0.25, 0.3) is 0 Å². The maximum atomic E-state index is 4.81. The van der Waals surface area contributed by atoms with E-state index in [1.54, 1.807) is 19.3 Å². The normalized spacial score (nSPS) is 10.0. The Morgan fingerprint density at radius 2 is 2.38 bits per heavy atom. The van der Waals surface area contributed by atoms with Gasteiger partial charge in [-0.1, -0.05) is 6.58 Å². The highest BCUT2D eigenvalue weighted by Gasteiger charge is 1.75. The fourth-order valence-corrected chi connectivity index (χ4v) is 0.244. The van der Waals surface area contributed by atoms with Crippen LogP contribution in [-0.2, 0) is 4.74 Å². The van der Waals surface area contributed by atoms with Crippen LogP contribution in [0.1, 0.15) is 6.92 Å². The molecule has 0 aromatic carbocycles. The molecule has 0 fully saturated rings. The summed E-state index contributed by atoms with van der Waals surface area (Å²) in [6.07, 6.45) is 3.51. The van der Waals surface area contributed by atoms with Crippen molar-refractivity contribution in [1.29, 1.82) is 0 Å². The first kappa shape index (κ1) is 7.06. The molecular weight excluding hydrogens is 100 g/mol.